The van der Waals surface area contributed by atoms with E-state index in [0.717, 1.165) is 11.3 Å². The largest absolute Gasteiger partial charge is 0.310 e. The summed E-state index contributed by atoms with van der Waals surface area (Å²) < 4.78 is 0. The minimum atomic E-state index is -0.590. The molecular weight excluding hydrogens is 953 g/mol. The van der Waals surface area contributed by atoms with Crippen LogP contribution in [0.3, 0.4) is 0 Å². The van der Waals surface area contributed by atoms with Gasteiger partial charge in [-0.15, -0.1) is 0 Å². The average molecular weight is 1010 g/mol. The van der Waals surface area contributed by atoms with Gasteiger partial charge in [0.25, 0.3) is 0 Å². The van der Waals surface area contributed by atoms with Crippen LogP contribution in [0.25, 0.3) is 66.4 Å². The van der Waals surface area contributed by atoms with Gasteiger partial charge in [-0.3, -0.25) is 0 Å². The fraction of sp³-hybridized carbons (Fsp3) is 0.0909. The Labute approximate surface area is 462 Å². The van der Waals surface area contributed by atoms with E-state index in [1.54, 1.807) is 0 Å². The molecule has 3 aliphatic rings. The summed E-state index contributed by atoms with van der Waals surface area (Å²) in [7, 11) is 0. The Morgan fingerprint density at radius 1 is 0.291 bits per heavy atom. The Hall–Kier alpha value is -9.50. The molecule has 0 spiro atoms. The van der Waals surface area contributed by atoms with Crippen molar-refractivity contribution in [2.45, 2.75) is 43.9 Å². The zero-order chi connectivity index (χ0) is 52.8. The minimum Gasteiger partial charge on any atom is -0.310 e. The number of hydrogen-bond acceptors (Lipinski definition) is 2. The molecular formula is C77H56N2. The quantitative estimate of drug-likeness (QED) is 0.0930. The van der Waals surface area contributed by atoms with E-state index in [1.165, 1.54) is 133 Å². The summed E-state index contributed by atoms with van der Waals surface area (Å²) in [5, 5.41) is 10.3. The SMILES string of the molecule is CC1(C)c2ccccc2N(c2ccc3c(c2)C(c2ccccc2)(c2ccccc2)c2cc(/C=C/c4ccc5c6cccc7c(N8c9ccccc9C(C)(C)c9ccccc98)ccc(c8cccc4c58)c76)ccc2-3)c2ccccc21. The van der Waals surface area contributed by atoms with Crippen LogP contribution >= 0.6 is 0 Å². The lowest BCUT2D eigenvalue weighted by molar-refractivity contribution is 0.632. The van der Waals surface area contributed by atoms with E-state index in [9.17, 15) is 0 Å². The highest BCUT2D eigenvalue weighted by Crippen LogP contribution is 2.60. The van der Waals surface area contributed by atoms with Crippen LogP contribution in [0.15, 0.2) is 255 Å². The molecule has 0 N–H and O–H groups in total. The van der Waals surface area contributed by atoms with Crippen LogP contribution in [-0.4, -0.2) is 0 Å². The Bertz CT molecular complexity index is 4520. The Kier molecular flexibility index (Phi) is 9.68. The third-order valence-electron chi connectivity index (χ3n) is 18.5. The third-order valence-corrected chi connectivity index (χ3v) is 18.5. The molecule has 13 aromatic rings. The molecule has 374 valence electrons. The molecule has 16 rings (SSSR count). The first-order valence-electron chi connectivity index (χ1n) is 27.9. The molecule has 0 radical (unpaired) electrons. The van der Waals surface area contributed by atoms with Gasteiger partial charge in [-0.1, -0.05) is 246 Å². The topological polar surface area (TPSA) is 6.48 Å². The maximum atomic E-state index is 2.51. The molecule has 2 heterocycles. The van der Waals surface area contributed by atoms with Crippen LogP contribution in [0.4, 0.5) is 34.1 Å². The van der Waals surface area contributed by atoms with Crippen molar-refractivity contribution in [1.29, 1.82) is 0 Å². The van der Waals surface area contributed by atoms with E-state index in [0.29, 0.717) is 0 Å². The zero-order valence-electron chi connectivity index (χ0n) is 44.8. The average Bonchev–Trinajstić information content (AvgIpc) is 3.73. The maximum absolute atomic E-state index is 2.51. The van der Waals surface area contributed by atoms with Crippen LogP contribution in [0.5, 0.6) is 0 Å². The van der Waals surface area contributed by atoms with Crippen molar-refractivity contribution in [3.05, 3.63) is 310 Å². The first kappa shape index (κ1) is 45.7. The van der Waals surface area contributed by atoms with E-state index in [4.69, 9.17) is 0 Å². The summed E-state index contributed by atoms with van der Waals surface area (Å²) in [6, 6.07) is 96.0. The smallest absolute Gasteiger partial charge is 0.0714 e. The fourth-order valence-electron chi connectivity index (χ4n) is 14.9. The Balaban J connectivity index is 0.841. The molecule has 2 nitrogen and oxygen atoms in total. The van der Waals surface area contributed by atoms with Crippen molar-refractivity contribution < 1.29 is 0 Å². The molecule has 79 heavy (non-hydrogen) atoms. The van der Waals surface area contributed by atoms with Gasteiger partial charge in [0.2, 0.25) is 0 Å². The first-order valence-corrected chi connectivity index (χ1v) is 27.9. The number of fused-ring (bicyclic) bond motifs is 9. The van der Waals surface area contributed by atoms with Crippen LogP contribution < -0.4 is 9.80 Å². The summed E-state index contributed by atoms with van der Waals surface area (Å²) in [6.45, 7) is 9.44. The van der Waals surface area contributed by atoms with E-state index in [2.05, 4.69) is 304 Å². The first-order chi connectivity index (χ1) is 38.7. The summed E-state index contributed by atoms with van der Waals surface area (Å²) >= 11 is 0. The molecule has 0 amide bonds. The molecule has 0 saturated carbocycles. The molecule has 0 bridgehead atoms. The molecule has 0 fully saturated rings. The van der Waals surface area contributed by atoms with Gasteiger partial charge in [-0.2, -0.15) is 0 Å². The van der Waals surface area contributed by atoms with Crippen molar-refractivity contribution in [1.82, 2.24) is 0 Å². The second-order valence-corrected chi connectivity index (χ2v) is 23.1. The van der Waals surface area contributed by atoms with Crippen LogP contribution in [0, 0.1) is 0 Å². The van der Waals surface area contributed by atoms with Gasteiger partial charge < -0.3 is 9.80 Å². The van der Waals surface area contributed by atoms with Crippen molar-refractivity contribution >= 4 is 89.4 Å². The number of anilines is 6. The predicted octanol–water partition coefficient (Wildman–Crippen LogP) is 20.5. The van der Waals surface area contributed by atoms with E-state index < -0.39 is 5.41 Å². The standard InChI is InChI=1S/C77H56N2/c1-75(2)62-29-11-15-33-69(62)78(70-34-16-12-30-63(70)75)53-41-44-56-55-42-38-49(47-66(55)77(67(56)48-53,51-21-7-5-8-22-51)52-23-9-6-10-24-52)37-39-50-40-43-59-58-27-20-28-61-68(46-45-60(74(58)61)57-26-19-25-54(50)73(57)59)79-71-35-17-13-31-64(71)76(3,4)65-32-14-18-36-72(65)79/h5-48H,1-4H3/b39-37+. The van der Waals surface area contributed by atoms with Gasteiger partial charge in [-0.05, 0) is 153 Å². The summed E-state index contributed by atoms with van der Waals surface area (Å²) in [5.74, 6) is 0. The summed E-state index contributed by atoms with van der Waals surface area (Å²) in [6.07, 6.45) is 4.68. The summed E-state index contributed by atoms with van der Waals surface area (Å²) in [4.78, 5) is 5.01. The van der Waals surface area contributed by atoms with Crippen LogP contribution in [-0.2, 0) is 16.2 Å². The van der Waals surface area contributed by atoms with Gasteiger partial charge >= 0.3 is 0 Å². The third kappa shape index (κ3) is 6.29. The Morgan fingerprint density at radius 2 is 0.722 bits per heavy atom. The minimum absolute atomic E-state index is 0.129. The molecule has 2 aliphatic heterocycles. The number of nitrogens with zero attached hydrogens (tertiary/aromatic N) is 2. The van der Waals surface area contributed by atoms with Gasteiger partial charge in [0.05, 0.1) is 33.9 Å². The normalized spacial score (nSPS) is 15.3. The maximum Gasteiger partial charge on any atom is 0.0714 e. The lowest BCUT2D eigenvalue weighted by atomic mass is 9.67. The van der Waals surface area contributed by atoms with Gasteiger partial charge in [0.1, 0.15) is 0 Å². The Morgan fingerprint density at radius 3 is 1.28 bits per heavy atom. The van der Waals surface area contributed by atoms with Crippen molar-refractivity contribution in [3.8, 4) is 11.1 Å². The lowest BCUT2D eigenvalue weighted by Crippen LogP contribution is -2.31. The molecule has 0 aromatic heterocycles. The van der Waals surface area contributed by atoms with Gasteiger partial charge in [0, 0.05) is 21.9 Å². The molecule has 0 unspecified atom stereocenters. The zero-order valence-corrected chi connectivity index (χ0v) is 44.8. The fourth-order valence-corrected chi connectivity index (χ4v) is 14.9. The second-order valence-electron chi connectivity index (χ2n) is 23.1. The highest BCUT2D eigenvalue weighted by Gasteiger charge is 2.47. The van der Waals surface area contributed by atoms with Crippen molar-refractivity contribution in [2.75, 3.05) is 9.80 Å². The van der Waals surface area contributed by atoms with E-state index in [1.807, 2.05) is 0 Å². The number of rotatable bonds is 6. The molecule has 1 aliphatic carbocycles. The number of para-hydroxylation sites is 4. The van der Waals surface area contributed by atoms with E-state index in [-0.39, 0.29) is 10.8 Å². The van der Waals surface area contributed by atoms with Crippen molar-refractivity contribution in [2.24, 2.45) is 0 Å². The number of benzene rings is 13. The molecule has 2 heteroatoms. The van der Waals surface area contributed by atoms with Crippen molar-refractivity contribution in [3.63, 3.8) is 0 Å². The van der Waals surface area contributed by atoms with Crippen LogP contribution in [0.1, 0.15) is 83.3 Å². The van der Waals surface area contributed by atoms with Crippen LogP contribution in [0.2, 0.25) is 0 Å². The summed E-state index contributed by atoms with van der Waals surface area (Å²) in [5.41, 5.74) is 21.7. The predicted molar refractivity (Wildman–Crippen MR) is 334 cm³/mol. The van der Waals surface area contributed by atoms with E-state index >= 15 is 0 Å². The lowest BCUT2D eigenvalue weighted by Gasteiger charge is -2.42. The number of hydrogen-bond donors (Lipinski definition) is 0. The molecule has 13 aromatic carbocycles. The second kappa shape index (κ2) is 16.8. The highest BCUT2D eigenvalue weighted by molar-refractivity contribution is 6.35. The highest BCUT2D eigenvalue weighted by atomic mass is 15.2. The molecule has 0 saturated heterocycles. The van der Waals surface area contributed by atoms with Gasteiger partial charge in [0.15, 0.2) is 0 Å². The van der Waals surface area contributed by atoms with Gasteiger partial charge in [-0.25, -0.2) is 0 Å². The monoisotopic (exact) mass is 1010 g/mol. The molecule has 0 atom stereocenters.